The van der Waals surface area contributed by atoms with Gasteiger partial charge >= 0.3 is 0 Å². The lowest BCUT2D eigenvalue weighted by atomic mass is 10.1. The van der Waals surface area contributed by atoms with Crippen LogP contribution in [0.2, 0.25) is 0 Å². The average Bonchev–Trinajstić information content (AvgIpc) is 3.33. The summed E-state index contributed by atoms with van der Waals surface area (Å²) < 4.78 is 1.82. The number of carbonyl (C=O) groups excluding carboxylic acids is 1. The second-order valence-corrected chi connectivity index (χ2v) is 7.01. The predicted octanol–water partition coefficient (Wildman–Crippen LogP) is 3.43. The van der Waals surface area contributed by atoms with Crippen molar-refractivity contribution in [2.75, 3.05) is 12.3 Å². The van der Waals surface area contributed by atoms with Crippen molar-refractivity contribution in [3.05, 3.63) is 78.0 Å². The van der Waals surface area contributed by atoms with Crippen molar-refractivity contribution in [1.29, 1.82) is 0 Å². The lowest BCUT2D eigenvalue weighted by Gasteiger charge is -2.04. The van der Waals surface area contributed by atoms with Crippen LogP contribution in [0.25, 0.3) is 11.3 Å². The standard InChI is InChI=1S/C20H18N4OS/c25-19(22-20-21-11-12-26-20)17-14-24(13-15-7-3-1-4-8-15)23-18(17)16-9-5-2-6-10-16/h1-10,14H,11-13H2,(H,21,22,25). The molecular weight excluding hydrogens is 344 g/mol. The van der Waals surface area contributed by atoms with Gasteiger partial charge in [-0.1, -0.05) is 72.4 Å². The van der Waals surface area contributed by atoms with Crippen molar-refractivity contribution in [2.45, 2.75) is 6.54 Å². The maximum absolute atomic E-state index is 12.8. The van der Waals surface area contributed by atoms with E-state index in [9.17, 15) is 4.79 Å². The quantitative estimate of drug-likeness (QED) is 0.773. The minimum absolute atomic E-state index is 0.170. The van der Waals surface area contributed by atoms with Gasteiger partial charge < -0.3 is 5.32 Å². The van der Waals surface area contributed by atoms with Crippen LogP contribution in [-0.2, 0) is 6.54 Å². The number of aliphatic imine (C=N–C) groups is 1. The zero-order chi connectivity index (χ0) is 17.8. The molecule has 1 amide bonds. The Morgan fingerprint density at radius 3 is 2.50 bits per heavy atom. The Morgan fingerprint density at radius 1 is 1.08 bits per heavy atom. The molecule has 0 saturated heterocycles. The highest BCUT2D eigenvalue weighted by Crippen LogP contribution is 2.23. The van der Waals surface area contributed by atoms with E-state index in [0.29, 0.717) is 23.0 Å². The Kier molecular flexibility index (Phi) is 4.84. The van der Waals surface area contributed by atoms with E-state index in [0.717, 1.165) is 23.4 Å². The third-order valence-electron chi connectivity index (χ3n) is 4.05. The summed E-state index contributed by atoms with van der Waals surface area (Å²) in [5.41, 5.74) is 3.30. The van der Waals surface area contributed by atoms with Crippen LogP contribution in [-0.4, -0.2) is 33.2 Å². The van der Waals surface area contributed by atoms with Crippen molar-refractivity contribution in [3.63, 3.8) is 0 Å². The van der Waals surface area contributed by atoms with E-state index in [4.69, 9.17) is 0 Å². The van der Waals surface area contributed by atoms with Crippen LogP contribution in [0.1, 0.15) is 15.9 Å². The first-order valence-corrected chi connectivity index (χ1v) is 9.43. The molecule has 26 heavy (non-hydrogen) atoms. The van der Waals surface area contributed by atoms with Gasteiger partial charge in [0.05, 0.1) is 18.7 Å². The molecular formula is C20H18N4OS. The molecule has 0 aliphatic carbocycles. The largest absolute Gasteiger partial charge is 0.301 e. The van der Waals surface area contributed by atoms with Gasteiger partial charge in [0.25, 0.3) is 5.91 Å². The fourth-order valence-electron chi connectivity index (χ4n) is 2.82. The number of amides is 1. The topological polar surface area (TPSA) is 59.3 Å². The predicted molar refractivity (Wildman–Crippen MR) is 105 cm³/mol. The first kappa shape index (κ1) is 16.6. The molecule has 5 nitrogen and oxygen atoms in total. The molecule has 0 fully saturated rings. The van der Waals surface area contributed by atoms with E-state index < -0.39 is 0 Å². The van der Waals surface area contributed by atoms with Gasteiger partial charge in [0.1, 0.15) is 5.69 Å². The number of hydrogen-bond acceptors (Lipinski definition) is 4. The average molecular weight is 362 g/mol. The van der Waals surface area contributed by atoms with Crippen molar-refractivity contribution in [3.8, 4) is 11.3 Å². The van der Waals surface area contributed by atoms with E-state index in [1.807, 2.05) is 71.5 Å². The molecule has 0 unspecified atom stereocenters. The zero-order valence-corrected chi connectivity index (χ0v) is 14.9. The summed E-state index contributed by atoms with van der Waals surface area (Å²) in [5.74, 6) is 0.741. The van der Waals surface area contributed by atoms with Crippen molar-refractivity contribution < 1.29 is 4.79 Å². The highest BCUT2D eigenvalue weighted by atomic mass is 32.2. The Hall–Kier alpha value is -2.86. The van der Waals surface area contributed by atoms with E-state index in [1.165, 1.54) is 0 Å². The molecule has 0 radical (unpaired) electrons. The second-order valence-electron chi connectivity index (χ2n) is 5.93. The molecule has 1 aliphatic rings. The maximum atomic E-state index is 12.8. The third-order valence-corrected chi connectivity index (χ3v) is 4.94. The summed E-state index contributed by atoms with van der Waals surface area (Å²) in [7, 11) is 0. The highest BCUT2D eigenvalue weighted by molar-refractivity contribution is 8.14. The minimum Gasteiger partial charge on any atom is -0.301 e. The Labute approximate surface area is 156 Å². The van der Waals surface area contributed by atoms with Crippen molar-refractivity contribution in [2.24, 2.45) is 4.99 Å². The van der Waals surface area contributed by atoms with E-state index in [1.54, 1.807) is 11.8 Å². The second kappa shape index (κ2) is 7.58. The van der Waals surface area contributed by atoms with Crippen molar-refractivity contribution in [1.82, 2.24) is 15.1 Å². The first-order chi connectivity index (χ1) is 12.8. The lowest BCUT2D eigenvalue weighted by Crippen LogP contribution is -2.27. The third kappa shape index (κ3) is 3.70. The van der Waals surface area contributed by atoms with Gasteiger partial charge in [0.15, 0.2) is 5.17 Å². The molecule has 0 atom stereocenters. The summed E-state index contributed by atoms with van der Waals surface area (Å²) in [6, 6.07) is 19.9. The summed E-state index contributed by atoms with van der Waals surface area (Å²) in [5, 5.41) is 8.27. The highest BCUT2D eigenvalue weighted by Gasteiger charge is 2.20. The van der Waals surface area contributed by atoms with Gasteiger partial charge in [-0.05, 0) is 5.56 Å². The van der Waals surface area contributed by atoms with E-state index in [-0.39, 0.29) is 5.91 Å². The number of aromatic nitrogens is 2. The number of thioether (sulfide) groups is 1. The van der Waals surface area contributed by atoms with Crippen LogP contribution in [0.5, 0.6) is 0 Å². The van der Waals surface area contributed by atoms with Crippen LogP contribution in [0.3, 0.4) is 0 Å². The molecule has 0 spiro atoms. The molecule has 4 rings (SSSR count). The summed E-state index contributed by atoms with van der Waals surface area (Å²) in [4.78, 5) is 17.1. The van der Waals surface area contributed by atoms with E-state index in [2.05, 4.69) is 15.4 Å². The van der Waals surface area contributed by atoms with Gasteiger partial charge in [-0.15, -0.1) is 0 Å². The van der Waals surface area contributed by atoms with Crippen molar-refractivity contribution >= 4 is 22.8 Å². The monoisotopic (exact) mass is 362 g/mol. The molecule has 2 aromatic carbocycles. The molecule has 3 aromatic rings. The molecule has 1 aromatic heterocycles. The number of nitrogens with zero attached hydrogens (tertiary/aromatic N) is 3. The van der Waals surface area contributed by atoms with E-state index >= 15 is 0 Å². The summed E-state index contributed by atoms with van der Waals surface area (Å²) in [6.45, 7) is 1.36. The van der Waals surface area contributed by atoms with Crippen LogP contribution in [0, 0.1) is 0 Å². The normalized spacial score (nSPS) is 13.5. The number of carbonyl (C=O) groups is 1. The SMILES string of the molecule is O=C(NC1=NCCS1)c1cn(Cc2ccccc2)nc1-c1ccccc1. The van der Waals surface area contributed by atoms with Crippen LogP contribution >= 0.6 is 11.8 Å². The first-order valence-electron chi connectivity index (χ1n) is 8.45. The Bertz CT molecular complexity index is 935. The fraction of sp³-hybridized carbons (Fsp3) is 0.150. The van der Waals surface area contributed by atoms with Gasteiger partial charge in [-0.2, -0.15) is 5.10 Å². The Morgan fingerprint density at radius 2 is 1.81 bits per heavy atom. The fourth-order valence-corrected chi connectivity index (χ4v) is 3.55. The van der Waals surface area contributed by atoms with Crippen LogP contribution in [0.15, 0.2) is 71.9 Å². The lowest BCUT2D eigenvalue weighted by molar-refractivity contribution is 0.0978. The van der Waals surface area contributed by atoms with Gasteiger partial charge in [0.2, 0.25) is 0 Å². The molecule has 2 heterocycles. The molecule has 1 aliphatic heterocycles. The minimum atomic E-state index is -0.170. The number of rotatable bonds is 4. The number of hydrogen-bond donors (Lipinski definition) is 1. The molecule has 1 N–H and O–H groups in total. The molecule has 0 saturated carbocycles. The number of nitrogens with one attached hydrogen (secondary N) is 1. The smallest absolute Gasteiger partial charge is 0.261 e. The number of benzene rings is 2. The zero-order valence-electron chi connectivity index (χ0n) is 14.1. The van der Waals surface area contributed by atoms with Gasteiger partial charge in [-0.3, -0.25) is 14.5 Å². The Balaban J connectivity index is 1.67. The van der Waals surface area contributed by atoms with Crippen LogP contribution < -0.4 is 5.32 Å². The molecule has 6 heteroatoms. The molecule has 0 bridgehead atoms. The van der Waals surface area contributed by atoms with Crippen LogP contribution in [0.4, 0.5) is 0 Å². The van der Waals surface area contributed by atoms with Gasteiger partial charge in [-0.25, -0.2) is 0 Å². The maximum Gasteiger partial charge on any atom is 0.261 e. The van der Waals surface area contributed by atoms with Gasteiger partial charge in [0, 0.05) is 17.5 Å². The molecule has 130 valence electrons. The summed E-state index contributed by atoms with van der Waals surface area (Å²) in [6.07, 6.45) is 1.81. The summed E-state index contributed by atoms with van der Waals surface area (Å²) >= 11 is 1.57. The number of amidine groups is 1.